The summed E-state index contributed by atoms with van der Waals surface area (Å²) < 4.78 is 29.7. The predicted molar refractivity (Wildman–Crippen MR) is 133 cm³/mol. The number of rotatable bonds is 11. The fraction of sp³-hybridized carbons (Fsp3) is 0.435. The molecule has 1 unspecified atom stereocenters. The molecular weight excluding hydrogens is 464 g/mol. The van der Waals surface area contributed by atoms with E-state index in [0.717, 1.165) is 35.1 Å². The van der Waals surface area contributed by atoms with Crippen molar-refractivity contribution in [1.29, 1.82) is 0 Å². The van der Waals surface area contributed by atoms with E-state index in [1.807, 2.05) is 6.07 Å². The highest BCUT2D eigenvalue weighted by Gasteiger charge is 2.35. The van der Waals surface area contributed by atoms with E-state index in [9.17, 15) is 18.3 Å². The average Bonchev–Trinajstić information content (AvgIpc) is 3.16. The highest BCUT2D eigenvalue weighted by Crippen LogP contribution is 2.44. The van der Waals surface area contributed by atoms with Gasteiger partial charge >= 0.3 is 5.97 Å². The number of nitrogens with zero attached hydrogens (tertiary/aromatic N) is 1. The molecule has 1 heterocycles. The van der Waals surface area contributed by atoms with Crippen molar-refractivity contribution >= 4 is 45.2 Å². The van der Waals surface area contributed by atoms with Gasteiger partial charge in [-0.1, -0.05) is 57.5 Å². The van der Waals surface area contributed by atoms with E-state index in [-0.39, 0.29) is 10.8 Å². The zero-order chi connectivity index (χ0) is 23.3. The third-order valence-electron chi connectivity index (χ3n) is 5.29. The lowest BCUT2D eigenvalue weighted by Crippen LogP contribution is -2.45. The van der Waals surface area contributed by atoms with Crippen molar-refractivity contribution in [2.75, 3.05) is 15.9 Å². The van der Waals surface area contributed by atoms with Gasteiger partial charge in [-0.15, -0.1) is 11.8 Å². The zero-order valence-corrected chi connectivity index (χ0v) is 21.0. The number of thioether (sulfide) groups is 1. The van der Waals surface area contributed by atoms with Gasteiger partial charge in [0, 0.05) is 10.6 Å². The molecule has 0 aliphatic carbocycles. The van der Waals surface area contributed by atoms with E-state index in [4.69, 9.17) is 0 Å². The summed E-state index contributed by atoms with van der Waals surface area (Å²) in [5, 5.41) is 11.4. The molecule has 2 atom stereocenters. The first-order chi connectivity index (χ1) is 15.3. The van der Waals surface area contributed by atoms with E-state index in [0.29, 0.717) is 5.56 Å². The number of fused-ring (bicyclic) bond motifs is 1. The van der Waals surface area contributed by atoms with E-state index in [1.54, 1.807) is 80.0 Å². The molecule has 174 valence electrons. The van der Waals surface area contributed by atoms with Crippen LogP contribution in [0.2, 0.25) is 0 Å². The maximum absolute atomic E-state index is 13.7. The fourth-order valence-electron chi connectivity index (χ4n) is 3.46. The number of nitrogens with one attached hydrogen (secondary N) is 1. The second-order valence-electron chi connectivity index (χ2n) is 8.03. The molecule has 0 aromatic heterocycles. The first kappa shape index (κ1) is 25.0. The minimum absolute atomic E-state index is 0.193. The van der Waals surface area contributed by atoms with Crippen LogP contribution in [0.4, 0.5) is 5.69 Å². The average molecular weight is 495 g/mol. The Morgan fingerprint density at radius 3 is 2.56 bits per heavy atom. The van der Waals surface area contributed by atoms with Crippen LogP contribution in [-0.4, -0.2) is 37.2 Å². The molecule has 0 saturated heterocycles. The topological polar surface area (TPSA) is 86.7 Å². The Bertz CT molecular complexity index is 1030. The number of sulfone groups is 1. The van der Waals surface area contributed by atoms with Gasteiger partial charge < -0.3 is 9.41 Å². The third-order valence-corrected chi connectivity index (χ3v) is 9.52. The van der Waals surface area contributed by atoms with Crippen LogP contribution in [0, 0.1) is 5.92 Å². The van der Waals surface area contributed by atoms with Crippen LogP contribution in [0.1, 0.15) is 44.6 Å². The van der Waals surface area contributed by atoms with Gasteiger partial charge in [0.1, 0.15) is 11.4 Å². The number of unbranched alkanes of at least 4 members (excludes halogenated alkanes) is 1. The van der Waals surface area contributed by atoms with Crippen molar-refractivity contribution in [2.45, 2.75) is 54.8 Å². The van der Waals surface area contributed by atoms with Crippen LogP contribution in [0.25, 0.3) is 0 Å². The van der Waals surface area contributed by atoms with Gasteiger partial charge in [-0.2, -0.15) is 0 Å². The highest BCUT2D eigenvalue weighted by molar-refractivity contribution is 8.04. The predicted octanol–water partition coefficient (Wildman–Crippen LogP) is 5.18. The maximum Gasteiger partial charge on any atom is 0.321 e. The molecule has 0 spiro atoms. The van der Waals surface area contributed by atoms with Crippen molar-refractivity contribution in [2.24, 2.45) is 5.92 Å². The monoisotopic (exact) mass is 494 g/mol. The van der Waals surface area contributed by atoms with E-state index < -0.39 is 27.2 Å². The second-order valence-corrected chi connectivity index (χ2v) is 12.2. The summed E-state index contributed by atoms with van der Waals surface area (Å²) in [6, 6.07) is 13.0. The molecular formula is C23H30N2O4S3. The summed E-state index contributed by atoms with van der Waals surface area (Å²) >= 11 is 3.39. The van der Waals surface area contributed by atoms with Crippen LogP contribution in [0.15, 0.2) is 58.3 Å². The minimum Gasteiger partial charge on any atom is -0.480 e. The quantitative estimate of drug-likeness (QED) is 0.327. The molecule has 9 heteroatoms. The zero-order valence-electron chi connectivity index (χ0n) is 18.5. The van der Waals surface area contributed by atoms with Crippen molar-refractivity contribution < 1.29 is 18.3 Å². The van der Waals surface area contributed by atoms with Gasteiger partial charge in [0.05, 0.1) is 16.5 Å². The van der Waals surface area contributed by atoms with Gasteiger partial charge in [0.25, 0.3) is 0 Å². The summed E-state index contributed by atoms with van der Waals surface area (Å²) in [4.78, 5) is 12.9. The number of hydrogen-bond acceptors (Lipinski definition) is 7. The Morgan fingerprint density at radius 1 is 1.22 bits per heavy atom. The van der Waals surface area contributed by atoms with Gasteiger partial charge in [-0.25, -0.2) is 8.42 Å². The normalized spacial score (nSPS) is 15.6. The highest BCUT2D eigenvalue weighted by atomic mass is 32.2. The summed E-state index contributed by atoms with van der Waals surface area (Å²) in [6.07, 6.45) is 2.28. The van der Waals surface area contributed by atoms with Gasteiger partial charge in [0.2, 0.25) is 0 Å². The first-order valence-corrected chi connectivity index (χ1v) is 14.2. The molecule has 0 bridgehead atoms. The molecule has 32 heavy (non-hydrogen) atoms. The molecule has 2 N–H and O–H groups in total. The van der Waals surface area contributed by atoms with Crippen molar-refractivity contribution in [3.8, 4) is 0 Å². The van der Waals surface area contributed by atoms with Gasteiger partial charge in [0.15, 0.2) is 9.84 Å². The Kier molecular flexibility index (Phi) is 8.55. The van der Waals surface area contributed by atoms with E-state index in [2.05, 4.69) is 16.5 Å². The second kappa shape index (κ2) is 11.0. The lowest BCUT2D eigenvalue weighted by Gasteiger charge is -2.26. The Balaban J connectivity index is 1.94. The minimum atomic E-state index is -3.89. The number of hydrogen-bond donors (Lipinski definition) is 2. The Labute approximate surface area is 199 Å². The number of carboxylic acids is 1. The lowest BCUT2D eigenvalue weighted by molar-refractivity contribution is -0.140. The summed E-state index contributed by atoms with van der Waals surface area (Å²) in [7, 11) is -3.89. The van der Waals surface area contributed by atoms with Crippen LogP contribution in [-0.2, 0) is 14.6 Å². The van der Waals surface area contributed by atoms with Gasteiger partial charge in [-0.3, -0.25) is 10.1 Å². The summed E-state index contributed by atoms with van der Waals surface area (Å²) in [5.74, 6) is 0.461. The standard InChI is InChI=1S/C23H30N2O4S3/c1-4-5-13-31-25-15-30-20-14-18(11-12-19(20)25)32(28,29)22(17-9-7-6-8-10-17)24-21(16(2)3)23(26)27/h6-12,14,16,21-22,24H,4-5,13,15H2,1-3H3,(H,26,27)/t21-,22?/m1/s1. The van der Waals surface area contributed by atoms with Crippen LogP contribution < -0.4 is 9.62 Å². The molecule has 0 amide bonds. The SMILES string of the molecule is CCCCSN1CSc2cc(S(=O)(=O)C(N[C@@H](C(=O)O)C(C)C)c3ccccc3)ccc21. The maximum atomic E-state index is 13.7. The molecule has 2 aromatic rings. The molecule has 6 nitrogen and oxygen atoms in total. The number of carbonyl (C=O) groups is 1. The Morgan fingerprint density at radius 2 is 1.94 bits per heavy atom. The van der Waals surface area contributed by atoms with Crippen molar-refractivity contribution in [3.05, 3.63) is 54.1 Å². The van der Waals surface area contributed by atoms with Crippen molar-refractivity contribution in [1.82, 2.24) is 5.32 Å². The number of carboxylic acid groups (broad SMARTS) is 1. The lowest BCUT2D eigenvalue weighted by atomic mass is 10.0. The molecule has 1 aliphatic heterocycles. The summed E-state index contributed by atoms with van der Waals surface area (Å²) in [5.41, 5.74) is 1.55. The van der Waals surface area contributed by atoms with Crippen LogP contribution in [0.5, 0.6) is 0 Å². The molecule has 0 fully saturated rings. The van der Waals surface area contributed by atoms with E-state index in [1.165, 1.54) is 0 Å². The smallest absolute Gasteiger partial charge is 0.321 e. The molecule has 0 radical (unpaired) electrons. The van der Waals surface area contributed by atoms with Gasteiger partial charge in [-0.05, 0) is 48.0 Å². The first-order valence-electron chi connectivity index (χ1n) is 10.7. The van der Waals surface area contributed by atoms with Crippen molar-refractivity contribution in [3.63, 3.8) is 0 Å². The van der Waals surface area contributed by atoms with Crippen LogP contribution in [0.3, 0.4) is 0 Å². The summed E-state index contributed by atoms with van der Waals surface area (Å²) in [6.45, 7) is 5.68. The molecule has 2 aromatic carbocycles. The largest absolute Gasteiger partial charge is 0.480 e. The fourth-order valence-corrected chi connectivity index (χ4v) is 7.57. The molecule has 1 aliphatic rings. The van der Waals surface area contributed by atoms with Crippen LogP contribution >= 0.6 is 23.7 Å². The molecule has 0 saturated carbocycles. The number of anilines is 1. The Hall–Kier alpha value is -1.68. The van der Waals surface area contributed by atoms with E-state index >= 15 is 0 Å². The molecule has 3 rings (SSSR count). The third kappa shape index (κ3) is 5.62. The number of benzene rings is 2. The number of aliphatic carboxylic acids is 1.